The zero-order valence-corrected chi connectivity index (χ0v) is 25.2. The quantitative estimate of drug-likeness (QED) is 0.243. The monoisotopic (exact) mass is 606 g/mol. The molecular formula is C31H33ClF2N6OSi. The Bertz CT molecular complexity index is 1500. The van der Waals surface area contributed by atoms with Crippen LogP contribution in [0.2, 0.25) is 11.6 Å². The van der Waals surface area contributed by atoms with Crippen LogP contribution in [0.15, 0.2) is 98.1 Å². The molecule has 2 aromatic heterocycles. The molecule has 0 saturated heterocycles. The van der Waals surface area contributed by atoms with Crippen molar-refractivity contribution in [1.82, 2.24) is 29.5 Å². The van der Waals surface area contributed by atoms with Gasteiger partial charge in [0, 0.05) is 11.2 Å². The lowest BCUT2D eigenvalue weighted by Crippen LogP contribution is -2.59. The van der Waals surface area contributed by atoms with Gasteiger partial charge in [0.1, 0.15) is 50.6 Å². The van der Waals surface area contributed by atoms with Crippen LogP contribution in [0.25, 0.3) is 0 Å². The highest BCUT2D eigenvalue weighted by molar-refractivity contribution is 7.00. The van der Waals surface area contributed by atoms with Crippen LogP contribution < -0.4 is 10.4 Å². The molecule has 1 fully saturated rings. The van der Waals surface area contributed by atoms with Crippen LogP contribution in [0.4, 0.5) is 8.78 Å². The van der Waals surface area contributed by atoms with Crippen molar-refractivity contribution in [2.24, 2.45) is 11.8 Å². The normalized spacial score (nSPS) is 15.4. The van der Waals surface area contributed by atoms with E-state index in [0.717, 1.165) is 15.9 Å². The van der Waals surface area contributed by atoms with Crippen LogP contribution in [-0.2, 0) is 18.3 Å². The molecular weight excluding hydrogens is 574 g/mol. The fourth-order valence-electron chi connectivity index (χ4n) is 5.41. The van der Waals surface area contributed by atoms with Crippen LogP contribution in [0, 0.1) is 23.5 Å². The van der Waals surface area contributed by atoms with E-state index < -0.39 is 13.7 Å². The third kappa shape index (κ3) is 6.83. The smallest absolute Gasteiger partial charge is 0.137 e. The maximum Gasteiger partial charge on any atom is 0.137 e. The van der Waals surface area contributed by atoms with Gasteiger partial charge in [-0.05, 0) is 66.6 Å². The zero-order valence-electron chi connectivity index (χ0n) is 23.5. The Morgan fingerprint density at radius 2 is 1.36 bits per heavy atom. The van der Waals surface area contributed by atoms with Gasteiger partial charge in [-0.15, -0.1) is 0 Å². The second-order valence-corrected chi connectivity index (χ2v) is 15.7. The topological polar surface area (TPSA) is 81.6 Å². The van der Waals surface area contributed by atoms with Crippen LogP contribution in [-0.4, -0.2) is 42.7 Å². The second kappa shape index (κ2) is 12.6. The van der Waals surface area contributed by atoms with Gasteiger partial charge in [-0.3, -0.25) is 4.68 Å². The van der Waals surface area contributed by atoms with E-state index in [2.05, 4.69) is 33.6 Å². The summed E-state index contributed by atoms with van der Waals surface area (Å²) in [5.41, 5.74) is -0.0591. The minimum atomic E-state index is -2.22. The van der Waals surface area contributed by atoms with Crippen molar-refractivity contribution in [2.75, 3.05) is 0 Å². The minimum absolute atomic E-state index is 0.174. The van der Waals surface area contributed by atoms with Crippen LogP contribution >= 0.6 is 11.6 Å². The summed E-state index contributed by atoms with van der Waals surface area (Å²) in [6.45, 7) is 4.69. The molecule has 3 aromatic carbocycles. The van der Waals surface area contributed by atoms with Crippen LogP contribution in [0.1, 0.15) is 25.3 Å². The molecule has 218 valence electrons. The largest absolute Gasteiger partial charge is 0.383 e. The number of hydrogen-bond acceptors (Lipinski definition) is 5. The first-order valence-electron chi connectivity index (χ1n) is 13.8. The lowest BCUT2D eigenvalue weighted by molar-refractivity contribution is -0.0442. The van der Waals surface area contributed by atoms with Crippen molar-refractivity contribution in [3.05, 3.63) is 120 Å². The van der Waals surface area contributed by atoms with Gasteiger partial charge in [0.25, 0.3) is 0 Å². The van der Waals surface area contributed by atoms with E-state index in [9.17, 15) is 13.9 Å². The Labute approximate surface area is 249 Å². The van der Waals surface area contributed by atoms with Crippen LogP contribution in [0.3, 0.4) is 0 Å². The third-order valence-electron chi connectivity index (χ3n) is 8.20. The Balaban J connectivity index is 0.000000169. The standard InChI is InChI=1S/C16H15F2N3Si.C15H18ClN3O/c1-22(12-21-11-19-10-20-21,15-6-2-13(17)3-7-15)16-8-4-14(18)5-9-16;1-11(12-2-3-12)15(20,8-19-10-17-9-18-19)13-4-6-14(16)7-5-13/h2-11H,12H2,1H3;4-7,9-12,20H,2-3,8H2,1H3. The molecule has 0 bridgehead atoms. The summed E-state index contributed by atoms with van der Waals surface area (Å²) in [4.78, 5) is 7.93. The molecule has 1 saturated carbocycles. The number of aromatic nitrogens is 6. The molecule has 0 spiro atoms. The molecule has 1 aliphatic carbocycles. The van der Waals surface area contributed by atoms with Gasteiger partial charge in [0.2, 0.25) is 0 Å². The molecule has 2 heterocycles. The van der Waals surface area contributed by atoms with Crippen molar-refractivity contribution >= 4 is 30.0 Å². The predicted molar refractivity (Wildman–Crippen MR) is 161 cm³/mol. The van der Waals surface area contributed by atoms with Gasteiger partial charge in [-0.25, -0.2) is 23.4 Å². The third-order valence-corrected chi connectivity index (χ3v) is 12.6. The summed E-state index contributed by atoms with van der Waals surface area (Å²) in [5.74, 6) is 0.229. The number of nitrogens with zero attached hydrogens (tertiary/aromatic N) is 6. The molecule has 2 unspecified atom stereocenters. The summed E-state index contributed by atoms with van der Waals surface area (Å²) in [6.07, 6.45) is 9.32. The molecule has 7 nitrogen and oxygen atoms in total. The van der Waals surface area contributed by atoms with E-state index in [0.29, 0.717) is 23.7 Å². The summed E-state index contributed by atoms with van der Waals surface area (Å²) in [5, 5.41) is 22.4. The van der Waals surface area contributed by atoms with E-state index in [1.54, 1.807) is 22.0 Å². The minimum Gasteiger partial charge on any atom is -0.383 e. The van der Waals surface area contributed by atoms with Crippen molar-refractivity contribution < 1.29 is 13.9 Å². The Hall–Kier alpha value is -3.73. The van der Waals surface area contributed by atoms with Gasteiger partial charge < -0.3 is 5.11 Å². The number of benzene rings is 3. The van der Waals surface area contributed by atoms with Gasteiger partial charge in [-0.1, -0.05) is 71.8 Å². The fourth-order valence-corrected chi connectivity index (χ4v) is 8.85. The summed E-state index contributed by atoms with van der Waals surface area (Å²) in [6, 6.07) is 20.5. The average molecular weight is 607 g/mol. The van der Waals surface area contributed by atoms with E-state index in [1.165, 1.54) is 49.8 Å². The van der Waals surface area contributed by atoms with Gasteiger partial charge in [0.15, 0.2) is 0 Å². The van der Waals surface area contributed by atoms with Gasteiger partial charge in [-0.2, -0.15) is 10.2 Å². The van der Waals surface area contributed by atoms with E-state index >= 15 is 0 Å². The SMILES string of the molecule is CC(C1CC1)C(O)(Cn1cncn1)c1ccc(Cl)cc1.C[Si](Cn1cncn1)(c1ccc(F)cc1)c1ccc(F)cc1. The summed E-state index contributed by atoms with van der Waals surface area (Å²) < 4.78 is 30.0. The maximum absolute atomic E-state index is 13.2. The van der Waals surface area contributed by atoms with Gasteiger partial charge in [0.05, 0.1) is 6.54 Å². The number of hydrogen-bond donors (Lipinski definition) is 1. The maximum atomic E-state index is 13.2. The average Bonchev–Trinajstić information content (AvgIpc) is 3.47. The van der Waals surface area contributed by atoms with Gasteiger partial charge >= 0.3 is 0 Å². The highest BCUT2D eigenvalue weighted by Gasteiger charge is 2.44. The number of aliphatic hydroxyl groups is 1. The highest BCUT2D eigenvalue weighted by Crippen LogP contribution is 2.46. The molecule has 0 radical (unpaired) electrons. The van der Waals surface area contributed by atoms with Crippen molar-refractivity contribution in [1.29, 1.82) is 0 Å². The second-order valence-electron chi connectivity index (χ2n) is 11.1. The molecule has 42 heavy (non-hydrogen) atoms. The van der Waals surface area contributed by atoms with Crippen molar-refractivity contribution in [3.63, 3.8) is 0 Å². The molecule has 11 heteroatoms. The van der Waals surface area contributed by atoms with E-state index in [1.807, 2.05) is 48.5 Å². The number of rotatable bonds is 9. The number of halogens is 3. The molecule has 0 amide bonds. The van der Waals surface area contributed by atoms with Crippen LogP contribution in [0.5, 0.6) is 0 Å². The summed E-state index contributed by atoms with van der Waals surface area (Å²) >= 11 is 5.95. The van der Waals surface area contributed by atoms with E-state index in [-0.39, 0.29) is 17.6 Å². The predicted octanol–water partition coefficient (Wildman–Crippen LogP) is 4.85. The molecule has 1 aliphatic rings. The van der Waals surface area contributed by atoms with Crippen molar-refractivity contribution in [2.45, 2.75) is 44.6 Å². The lowest BCUT2D eigenvalue weighted by atomic mass is 9.79. The Morgan fingerprint density at radius 1 is 0.857 bits per heavy atom. The van der Waals surface area contributed by atoms with E-state index in [4.69, 9.17) is 11.6 Å². The summed E-state index contributed by atoms with van der Waals surface area (Å²) in [7, 11) is -2.22. The first-order valence-corrected chi connectivity index (χ1v) is 16.9. The first kappa shape index (κ1) is 29.7. The molecule has 1 N–H and O–H groups in total. The zero-order chi connectivity index (χ0) is 29.7. The first-order chi connectivity index (χ1) is 20.2. The Morgan fingerprint density at radius 3 is 1.81 bits per heavy atom. The molecule has 6 rings (SSSR count). The molecule has 2 atom stereocenters. The highest BCUT2D eigenvalue weighted by atomic mass is 35.5. The molecule has 0 aliphatic heterocycles. The van der Waals surface area contributed by atoms with Crippen molar-refractivity contribution in [3.8, 4) is 0 Å². The molecule has 5 aromatic rings. The Kier molecular flexibility index (Phi) is 8.95. The lowest BCUT2D eigenvalue weighted by Gasteiger charge is -2.35. The fraction of sp³-hybridized carbons (Fsp3) is 0.290.